The number of amides is 1. The van der Waals surface area contributed by atoms with E-state index in [1.165, 1.54) is 23.2 Å². The Labute approximate surface area is 178 Å². The van der Waals surface area contributed by atoms with E-state index in [1.807, 2.05) is 62.4 Å². The summed E-state index contributed by atoms with van der Waals surface area (Å²) in [6.07, 6.45) is 2.46. The van der Waals surface area contributed by atoms with E-state index in [2.05, 4.69) is 34.5 Å². The summed E-state index contributed by atoms with van der Waals surface area (Å²) in [5, 5.41) is 2.95. The lowest BCUT2D eigenvalue weighted by Crippen LogP contribution is -2.28. The van der Waals surface area contributed by atoms with Crippen LogP contribution < -0.4 is 15.0 Å². The summed E-state index contributed by atoms with van der Waals surface area (Å²) in [5.41, 5.74) is 5.36. The monoisotopic (exact) mass is 400 g/mol. The van der Waals surface area contributed by atoms with Gasteiger partial charge in [-0.15, -0.1) is 0 Å². The van der Waals surface area contributed by atoms with E-state index in [0.717, 1.165) is 30.9 Å². The van der Waals surface area contributed by atoms with Crippen LogP contribution in [0.5, 0.6) is 5.75 Å². The van der Waals surface area contributed by atoms with Crippen molar-refractivity contribution in [3.05, 3.63) is 89.5 Å². The summed E-state index contributed by atoms with van der Waals surface area (Å²) in [6.45, 7) is 5.90. The molecular formula is C26H28N2O2. The van der Waals surface area contributed by atoms with Gasteiger partial charge in [-0.1, -0.05) is 30.3 Å². The SMILES string of the molecule is CC(C)Oc1ccc(NC(=O)c2ccc(CN3CCCc4ccccc43)cc2)cc1. The Balaban J connectivity index is 1.38. The third kappa shape index (κ3) is 4.82. The first-order valence-electron chi connectivity index (χ1n) is 10.6. The number of nitrogens with one attached hydrogen (secondary N) is 1. The van der Waals surface area contributed by atoms with Crippen molar-refractivity contribution in [3.63, 3.8) is 0 Å². The molecule has 4 rings (SSSR count). The van der Waals surface area contributed by atoms with Crippen LogP contribution in [0.3, 0.4) is 0 Å². The lowest BCUT2D eigenvalue weighted by atomic mass is 10.0. The predicted molar refractivity (Wildman–Crippen MR) is 122 cm³/mol. The van der Waals surface area contributed by atoms with Gasteiger partial charge in [0.15, 0.2) is 0 Å². The highest BCUT2D eigenvalue weighted by molar-refractivity contribution is 6.04. The minimum absolute atomic E-state index is 0.109. The van der Waals surface area contributed by atoms with Crippen LogP contribution in [0.4, 0.5) is 11.4 Å². The van der Waals surface area contributed by atoms with Gasteiger partial charge >= 0.3 is 0 Å². The van der Waals surface area contributed by atoms with Crippen LogP contribution in [0.15, 0.2) is 72.8 Å². The number of benzene rings is 3. The molecule has 0 aromatic heterocycles. The van der Waals surface area contributed by atoms with E-state index in [-0.39, 0.29) is 12.0 Å². The third-order valence-electron chi connectivity index (χ3n) is 5.28. The molecule has 1 aliphatic heterocycles. The number of para-hydroxylation sites is 1. The Bertz CT molecular complexity index is 994. The number of nitrogens with zero attached hydrogens (tertiary/aromatic N) is 1. The Morgan fingerprint density at radius 2 is 1.73 bits per heavy atom. The second kappa shape index (κ2) is 9.04. The van der Waals surface area contributed by atoms with Crippen molar-refractivity contribution >= 4 is 17.3 Å². The van der Waals surface area contributed by atoms with E-state index in [9.17, 15) is 4.79 Å². The molecular weight excluding hydrogens is 372 g/mol. The summed E-state index contributed by atoms with van der Waals surface area (Å²) in [4.78, 5) is 15.0. The first kappa shape index (κ1) is 20.0. The zero-order valence-electron chi connectivity index (χ0n) is 17.6. The van der Waals surface area contributed by atoms with E-state index in [0.29, 0.717) is 5.56 Å². The van der Waals surface area contributed by atoms with E-state index >= 15 is 0 Å². The third-order valence-corrected chi connectivity index (χ3v) is 5.28. The molecule has 0 spiro atoms. The maximum atomic E-state index is 12.6. The molecule has 0 saturated heterocycles. The molecule has 0 fully saturated rings. The molecule has 0 unspecified atom stereocenters. The topological polar surface area (TPSA) is 41.6 Å². The van der Waals surface area contributed by atoms with Gasteiger partial charge in [-0.2, -0.15) is 0 Å². The second-order valence-corrected chi connectivity index (χ2v) is 8.00. The number of anilines is 2. The van der Waals surface area contributed by atoms with Crippen molar-refractivity contribution < 1.29 is 9.53 Å². The fourth-order valence-corrected chi connectivity index (χ4v) is 3.85. The number of hydrogen-bond acceptors (Lipinski definition) is 3. The second-order valence-electron chi connectivity index (χ2n) is 8.00. The highest BCUT2D eigenvalue weighted by atomic mass is 16.5. The van der Waals surface area contributed by atoms with Crippen molar-refractivity contribution in [3.8, 4) is 5.75 Å². The van der Waals surface area contributed by atoms with Crippen molar-refractivity contribution in [2.75, 3.05) is 16.8 Å². The summed E-state index contributed by atoms with van der Waals surface area (Å²) >= 11 is 0. The molecule has 0 saturated carbocycles. The van der Waals surface area contributed by atoms with Crippen LogP contribution in [-0.2, 0) is 13.0 Å². The van der Waals surface area contributed by atoms with Gasteiger partial charge in [0, 0.05) is 30.0 Å². The van der Waals surface area contributed by atoms with Crippen molar-refractivity contribution in [1.82, 2.24) is 0 Å². The minimum Gasteiger partial charge on any atom is -0.491 e. The highest BCUT2D eigenvalue weighted by Gasteiger charge is 2.16. The lowest BCUT2D eigenvalue weighted by molar-refractivity contribution is 0.102. The lowest BCUT2D eigenvalue weighted by Gasteiger charge is -2.31. The van der Waals surface area contributed by atoms with Crippen LogP contribution in [0.2, 0.25) is 0 Å². The Hall–Kier alpha value is -3.27. The normalized spacial score (nSPS) is 13.1. The predicted octanol–water partition coefficient (Wildman–Crippen LogP) is 5.68. The van der Waals surface area contributed by atoms with Crippen LogP contribution in [0, 0.1) is 0 Å². The molecule has 1 heterocycles. The Kier molecular flexibility index (Phi) is 6.03. The number of rotatable bonds is 6. The standard InChI is InChI=1S/C26H28N2O2/c1-19(2)30-24-15-13-23(14-16-24)27-26(29)22-11-9-20(10-12-22)18-28-17-5-7-21-6-3-4-8-25(21)28/h3-4,6,8-16,19H,5,7,17-18H2,1-2H3,(H,27,29). The largest absolute Gasteiger partial charge is 0.491 e. The minimum atomic E-state index is -0.109. The van der Waals surface area contributed by atoms with Gasteiger partial charge in [-0.05, 0) is 80.3 Å². The first-order chi connectivity index (χ1) is 14.6. The van der Waals surface area contributed by atoms with E-state index in [4.69, 9.17) is 4.74 Å². The van der Waals surface area contributed by atoms with Crippen molar-refractivity contribution in [1.29, 1.82) is 0 Å². The molecule has 1 aliphatic rings. The van der Waals surface area contributed by atoms with Crippen LogP contribution in [-0.4, -0.2) is 18.6 Å². The average Bonchev–Trinajstić information content (AvgIpc) is 2.75. The Morgan fingerprint density at radius 3 is 2.47 bits per heavy atom. The quantitative estimate of drug-likeness (QED) is 0.579. The van der Waals surface area contributed by atoms with Gasteiger partial charge in [-0.3, -0.25) is 4.79 Å². The molecule has 4 heteroatoms. The zero-order chi connectivity index (χ0) is 20.9. The van der Waals surface area contributed by atoms with Gasteiger partial charge in [0.25, 0.3) is 5.91 Å². The molecule has 1 N–H and O–H groups in total. The fraction of sp³-hybridized carbons (Fsp3) is 0.269. The van der Waals surface area contributed by atoms with Gasteiger partial charge in [-0.25, -0.2) is 0 Å². The number of carbonyl (C=O) groups is 1. The number of carbonyl (C=O) groups excluding carboxylic acids is 1. The molecule has 0 bridgehead atoms. The van der Waals surface area contributed by atoms with Gasteiger partial charge < -0.3 is 15.0 Å². The molecule has 0 atom stereocenters. The van der Waals surface area contributed by atoms with Gasteiger partial charge in [0.2, 0.25) is 0 Å². The van der Waals surface area contributed by atoms with E-state index < -0.39 is 0 Å². The van der Waals surface area contributed by atoms with Crippen molar-refractivity contribution in [2.45, 2.75) is 39.3 Å². The van der Waals surface area contributed by atoms with Crippen molar-refractivity contribution in [2.24, 2.45) is 0 Å². The maximum absolute atomic E-state index is 12.6. The summed E-state index contributed by atoms with van der Waals surface area (Å²) in [7, 11) is 0. The fourth-order valence-electron chi connectivity index (χ4n) is 3.85. The van der Waals surface area contributed by atoms with Gasteiger partial charge in [0.05, 0.1) is 6.10 Å². The molecule has 4 nitrogen and oxygen atoms in total. The zero-order valence-corrected chi connectivity index (χ0v) is 17.6. The van der Waals surface area contributed by atoms with Crippen LogP contribution in [0.1, 0.15) is 41.8 Å². The molecule has 154 valence electrons. The molecule has 0 aliphatic carbocycles. The Morgan fingerprint density at radius 1 is 1.00 bits per heavy atom. The smallest absolute Gasteiger partial charge is 0.255 e. The maximum Gasteiger partial charge on any atom is 0.255 e. The van der Waals surface area contributed by atoms with Crippen LogP contribution >= 0.6 is 0 Å². The summed E-state index contributed by atoms with van der Waals surface area (Å²) in [5.74, 6) is 0.689. The number of ether oxygens (including phenoxy) is 1. The molecule has 3 aromatic carbocycles. The molecule has 0 radical (unpaired) electrons. The first-order valence-corrected chi connectivity index (χ1v) is 10.6. The van der Waals surface area contributed by atoms with Crippen LogP contribution in [0.25, 0.3) is 0 Å². The molecule has 30 heavy (non-hydrogen) atoms. The molecule has 3 aromatic rings. The summed E-state index contributed by atoms with van der Waals surface area (Å²) in [6, 6.07) is 24.0. The average molecular weight is 401 g/mol. The number of hydrogen-bond donors (Lipinski definition) is 1. The number of aryl methyl sites for hydroxylation is 1. The van der Waals surface area contributed by atoms with Gasteiger partial charge in [0.1, 0.15) is 5.75 Å². The summed E-state index contributed by atoms with van der Waals surface area (Å²) < 4.78 is 5.64. The number of fused-ring (bicyclic) bond motifs is 1. The van der Waals surface area contributed by atoms with E-state index in [1.54, 1.807) is 0 Å². The molecule has 1 amide bonds. The highest BCUT2D eigenvalue weighted by Crippen LogP contribution is 2.28.